The van der Waals surface area contributed by atoms with E-state index in [0.717, 1.165) is 12.1 Å². The summed E-state index contributed by atoms with van der Waals surface area (Å²) in [5.41, 5.74) is 5.41. The molecule has 98 valence electrons. The van der Waals surface area contributed by atoms with Crippen LogP contribution in [-0.4, -0.2) is 10.2 Å². The molecule has 3 atom stereocenters. The molecule has 0 aromatic heterocycles. The summed E-state index contributed by atoms with van der Waals surface area (Å²) in [6.45, 7) is 3.51. The van der Waals surface area contributed by atoms with Crippen molar-refractivity contribution >= 4 is 7.37 Å². The van der Waals surface area contributed by atoms with Crippen molar-refractivity contribution in [2.24, 2.45) is 11.7 Å². The van der Waals surface area contributed by atoms with Gasteiger partial charge in [-0.3, -0.25) is 4.57 Å². The minimum absolute atomic E-state index is 0.275. The first-order valence-corrected chi connectivity index (χ1v) is 7.32. The highest BCUT2D eigenvalue weighted by Crippen LogP contribution is 2.69. The van der Waals surface area contributed by atoms with Gasteiger partial charge in [-0.2, -0.15) is 0 Å². The Kier molecular flexibility index (Phi) is 3.18. The van der Waals surface area contributed by atoms with Gasteiger partial charge in [0.2, 0.25) is 7.37 Å². The Morgan fingerprint density at radius 2 is 2.11 bits per heavy atom. The molecule has 6 heteroatoms. The first-order valence-electron chi connectivity index (χ1n) is 5.48. The van der Waals surface area contributed by atoms with Crippen LogP contribution in [0.1, 0.15) is 12.0 Å². The van der Waals surface area contributed by atoms with E-state index in [9.17, 15) is 18.2 Å². The predicted molar refractivity (Wildman–Crippen MR) is 65.1 cm³/mol. The van der Waals surface area contributed by atoms with Crippen molar-refractivity contribution in [1.29, 1.82) is 0 Å². The molecule has 0 bridgehead atoms. The average Bonchev–Trinajstić information content (AvgIpc) is 2.98. The summed E-state index contributed by atoms with van der Waals surface area (Å²) in [4.78, 5) is 9.97. The monoisotopic (exact) mass is 273 g/mol. The molecule has 3 N–H and O–H groups in total. The maximum atomic E-state index is 13.4. The summed E-state index contributed by atoms with van der Waals surface area (Å²) >= 11 is 0. The van der Waals surface area contributed by atoms with Crippen LogP contribution >= 0.6 is 7.37 Å². The average molecular weight is 273 g/mol. The topological polar surface area (TPSA) is 63.3 Å². The molecule has 1 fully saturated rings. The highest BCUT2D eigenvalue weighted by atomic mass is 31.2. The summed E-state index contributed by atoms with van der Waals surface area (Å²) in [6.07, 6.45) is 1.23. The van der Waals surface area contributed by atoms with Crippen molar-refractivity contribution in [3.63, 3.8) is 0 Å². The fraction of sp³-hybridized carbons (Fsp3) is 0.333. The molecular weight excluding hydrogens is 259 g/mol. The molecule has 0 radical (unpaired) electrons. The van der Waals surface area contributed by atoms with Gasteiger partial charge in [0.05, 0.1) is 6.16 Å². The van der Waals surface area contributed by atoms with Crippen molar-refractivity contribution in [2.75, 3.05) is 0 Å². The maximum Gasteiger partial charge on any atom is 0.224 e. The molecular formula is C12H14F2NO2P. The van der Waals surface area contributed by atoms with Gasteiger partial charge in [0, 0.05) is 11.5 Å². The van der Waals surface area contributed by atoms with Crippen molar-refractivity contribution in [1.82, 2.24) is 0 Å². The lowest BCUT2D eigenvalue weighted by Gasteiger charge is -2.20. The van der Waals surface area contributed by atoms with Crippen LogP contribution in [-0.2, 0) is 10.7 Å². The third-order valence-electron chi connectivity index (χ3n) is 3.40. The number of benzene rings is 1. The standard InChI is InChI=1S/C12H14F2NO2P/c1-2-8-6-12(8,15)18(16,17)7-9-10(13)4-3-5-11(9)14/h2-5,8H,1,6-7,15H2,(H,16,17). The Hall–Kier alpha value is -1.03. The van der Waals surface area contributed by atoms with Crippen LogP contribution < -0.4 is 5.73 Å². The molecule has 1 saturated carbocycles. The first-order chi connectivity index (χ1) is 8.32. The molecule has 0 aliphatic heterocycles. The Labute approximate surface area is 104 Å². The summed E-state index contributed by atoms with van der Waals surface area (Å²) in [6, 6.07) is 3.32. The second-order valence-corrected chi connectivity index (χ2v) is 7.15. The van der Waals surface area contributed by atoms with E-state index in [1.165, 1.54) is 12.1 Å². The highest BCUT2D eigenvalue weighted by molar-refractivity contribution is 7.59. The van der Waals surface area contributed by atoms with E-state index in [0.29, 0.717) is 6.42 Å². The van der Waals surface area contributed by atoms with Crippen LogP contribution in [0.5, 0.6) is 0 Å². The summed E-state index contributed by atoms with van der Waals surface area (Å²) < 4.78 is 39.1. The van der Waals surface area contributed by atoms with E-state index in [1.807, 2.05) is 0 Å². The summed E-state index contributed by atoms with van der Waals surface area (Å²) in [5, 5.41) is -1.29. The maximum absolute atomic E-state index is 13.4. The van der Waals surface area contributed by atoms with E-state index in [-0.39, 0.29) is 11.5 Å². The largest absolute Gasteiger partial charge is 0.343 e. The normalized spacial score (nSPS) is 29.7. The lowest BCUT2D eigenvalue weighted by molar-refractivity contribution is 0.451. The second kappa shape index (κ2) is 4.26. The number of halogens is 2. The Balaban J connectivity index is 2.29. The quantitative estimate of drug-likeness (QED) is 0.654. The van der Waals surface area contributed by atoms with Crippen LogP contribution in [0.15, 0.2) is 30.9 Å². The molecule has 0 heterocycles. The number of nitrogens with two attached hydrogens (primary N) is 1. The summed E-state index contributed by atoms with van der Waals surface area (Å²) in [5.74, 6) is -1.93. The molecule has 18 heavy (non-hydrogen) atoms. The fourth-order valence-electron chi connectivity index (χ4n) is 2.03. The van der Waals surface area contributed by atoms with Gasteiger partial charge in [0.25, 0.3) is 0 Å². The zero-order valence-electron chi connectivity index (χ0n) is 9.64. The Bertz CT molecular complexity index is 529. The van der Waals surface area contributed by atoms with Crippen LogP contribution in [0, 0.1) is 17.6 Å². The van der Waals surface area contributed by atoms with Gasteiger partial charge in [-0.15, -0.1) is 6.58 Å². The third kappa shape index (κ3) is 2.03. The van der Waals surface area contributed by atoms with Gasteiger partial charge in [-0.1, -0.05) is 12.1 Å². The molecule has 0 spiro atoms. The van der Waals surface area contributed by atoms with Gasteiger partial charge < -0.3 is 10.6 Å². The van der Waals surface area contributed by atoms with Gasteiger partial charge in [-0.25, -0.2) is 8.78 Å². The number of hydrogen-bond donors (Lipinski definition) is 2. The molecule has 1 aliphatic rings. The SMILES string of the molecule is C=CC1CC1(N)P(=O)(O)Cc1c(F)cccc1F. The molecule has 1 aromatic rings. The minimum Gasteiger partial charge on any atom is -0.343 e. The highest BCUT2D eigenvalue weighted by Gasteiger charge is 2.61. The molecule has 3 unspecified atom stereocenters. The Morgan fingerprint density at radius 1 is 1.56 bits per heavy atom. The van der Waals surface area contributed by atoms with E-state index < -0.39 is 30.4 Å². The lowest BCUT2D eigenvalue weighted by Crippen LogP contribution is -2.25. The van der Waals surface area contributed by atoms with Crippen molar-refractivity contribution in [2.45, 2.75) is 17.9 Å². The molecule has 1 aliphatic carbocycles. The second-order valence-electron chi connectivity index (χ2n) is 4.60. The number of hydrogen-bond acceptors (Lipinski definition) is 2. The van der Waals surface area contributed by atoms with Crippen molar-refractivity contribution in [3.05, 3.63) is 48.1 Å². The van der Waals surface area contributed by atoms with Crippen LogP contribution in [0.3, 0.4) is 0 Å². The van der Waals surface area contributed by atoms with Gasteiger partial charge in [-0.05, 0) is 18.6 Å². The smallest absolute Gasteiger partial charge is 0.224 e. The Morgan fingerprint density at radius 3 is 2.56 bits per heavy atom. The zero-order chi connectivity index (χ0) is 13.6. The van der Waals surface area contributed by atoms with E-state index >= 15 is 0 Å². The van der Waals surface area contributed by atoms with Crippen molar-refractivity contribution in [3.8, 4) is 0 Å². The first kappa shape index (κ1) is 13.4. The van der Waals surface area contributed by atoms with E-state index in [2.05, 4.69) is 6.58 Å². The number of rotatable bonds is 4. The third-order valence-corrected chi connectivity index (χ3v) is 5.96. The zero-order valence-corrected chi connectivity index (χ0v) is 10.5. The van der Waals surface area contributed by atoms with E-state index in [1.54, 1.807) is 0 Å². The van der Waals surface area contributed by atoms with Gasteiger partial charge in [0.15, 0.2) is 0 Å². The van der Waals surface area contributed by atoms with Crippen LogP contribution in [0.2, 0.25) is 0 Å². The lowest BCUT2D eigenvalue weighted by atomic mass is 10.2. The van der Waals surface area contributed by atoms with Crippen LogP contribution in [0.25, 0.3) is 0 Å². The van der Waals surface area contributed by atoms with E-state index in [4.69, 9.17) is 5.73 Å². The summed E-state index contributed by atoms with van der Waals surface area (Å²) in [7, 11) is -3.89. The van der Waals surface area contributed by atoms with Crippen LogP contribution in [0.4, 0.5) is 8.78 Å². The molecule has 0 amide bonds. The molecule has 2 rings (SSSR count). The predicted octanol–water partition coefficient (Wildman–Crippen LogP) is 2.60. The fourth-order valence-corrected chi connectivity index (χ4v) is 4.16. The van der Waals surface area contributed by atoms with Crippen molar-refractivity contribution < 1.29 is 18.2 Å². The molecule has 0 saturated heterocycles. The molecule has 1 aromatic carbocycles. The van der Waals surface area contributed by atoms with Gasteiger partial charge >= 0.3 is 0 Å². The molecule has 3 nitrogen and oxygen atoms in total. The minimum atomic E-state index is -3.89. The van der Waals surface area contributed by atoms with Gasteiger partial charge in [0.1, 0.15) is 16.9 Å².